The Bertz CT molecular complexity index is 512. The van der Waals surface area contributed by atoms with Gasteiger partial charge in [0.05, 0.1) is 19.8 Å². The lowest BCUT2D eigenvalue weighted by Crippen LogP contribution is -2.41. The number of halogens is 1. The lowest BCUT2D eigenvalue weighted by molar-refractivity contribution is 0.0957. The van der Waals surface area contributed by atoms with Crippen molar-refractivity contribution in [3.63, 3.8) is 0 Å². The van der Waals surface area contributed by atoms with Crippen LogP contribution in [0.2, 0.25) is 0 Å². The Morgan fingerprint density at radius 2 is 2.04 bits per heavy atom. The van der Waals surface area contributed by atoms with Crippen LogP contribution in [-0.2, 0) is 17.7 Å². The molecule has 0 saturated carbocycles. The summed E-state index contributed by atoms with van der Waals surface area (Å²) in [4.78, 5) is 4.78. The van der Waals surface area contributed by atoms with Gasteiger partial charge in [0.2, 0.25) is 0 Å². The molecule has 1 atom stereocenters. The number of hydrogen-bond donors (Lipinski definition) is 3. The molecule has 164 valence electrons. The van der Waals surface area contributed by atoms with E-state index in [4.69, 9.17) is 14.8 Å². The lowest BCUT2D eigenvalue weighted by atomic mass is 10.00. The van der Waals surface area contributed by atoms with Gasteiger partial charge in [-0.3, -0.25) is 4.99 Å². The maximum absolute atomic E-state index is 8.77. The standard InChI is InChI=1S/C19H38N6O2.HI/c1-4-7-8-17(5-2)15-22-19(21-10-13-27-14-12-26)20-9-11-25-16-23-24-18(25)6-3;/h16-17,26H,4-15H2,1-3H3,(H2,20,21,22);1H. The minimum absolute atomic E-state index is 0. The lowest BCUT2D eigenvalue weighted by Gasteiger charge is -2.16. The number of unbranched alkanes of at least 4 members (excludes halogenated alkanes) is 1. The number of aliphatic hydroxyl groups is 1. The normalized spacial score (nSPS) is 12.5. The molecule has 0 bridgehead atoms. The zero-order valence-electron chi connectivity index (χ0n) is 17.7. The summed E-state index contributed by atoms with van der Waals surface area (Å²) in [6, 6.07) is 0. The molecule has 0 fully saturated rings. The first-order valence-electron chi connectivity index (χ1n) is 10.3. The second-order valence-electron chi connectivity index (χ2n) is 6.59. The number of nitrogens with one attached hydrogen (secondary N) is 2. The van der Waals surface area contributed by atoms with E-state index in [2.05, 4.69) is 46.2 Å². The summed E-state index contributed by atoms with van der Waals surface area (Å²) >= 11 is 0. The van der Waals surface area contributed by atoms with Crippen LogP contribution in [-0.4, -0.2) is 65.3 Å². The molecule has 0 saturated heterocycles. The Kier molecular flexibility index (Phi) is 17.5. The summed E-state index contributed by atoms with van der Waals surface area (Å²) in [5.41, 5.74) is 0. The molecule has 1 rings (SSSR count). The van der Waals surface area contributed by atoms with Crippen molar-refractivity contribution in [2.24, 2.45) is 10.9 Å². The van der Waals surface area contributed by atoms with Crippen molar-refractivity contribution in [2.75, 3.05) is 39.5 Å². The average molecular weight is 510 g/mol. The Hall–Kier alpha value is -0.940. The van der Waals surface area contributed by atoms with E-state index >= 15 is 0 Å². The molecule has 1 unspecified atom stereocenters. The topological polar surface area (TPSA) is 96.6 Å². The van der Waals surface area contributed by atoms with E-state index in [9.17, 15) is 0 Å². The van der Waals surface area contributed by atoms with Crippen molar-refractivity contribution in [1.29, 1.82) is 0 Å². The van der Waals surface area contributed by atoms with Gasteiger partial charge in [0.1, 0.15) is 12.2 Å². The number of ether oxygens (including phenoxy) is 1. The third-order valence-electron chi connectivity index (χ3n) is 4.48. The predicted molar refractivity (Wildman–Crippen MR) is 124 cm³/mol. The molecular formula is C19H39IN6O2. The van der Waals surface area contributed by atoms with Gasteiger partial charge in [-0.25, -0.2) is 0 Å². The molecule has 9 heteroatoms. The third kappa shape index (κ3) is 11.8. The molecule has 3 N–H and O–H groups in total. The Morgan fingerprint density at radius 1 is 1.25 bits per heavy atom. The number of rotatable bonds is 15. The first kappa shape index (κ1) is 27.1. The van der Waals surface area contributed by atoms with Gasteiger partial charge in [-0.1, -0.05) is 40.0 Å². The van der Waals surface area contributed by atoms with Crippen molar-refractivity contribution < 1.29 is 9.84 Å². The van der Waals surface area contributed by atoms with Gasteiger partial charge in [-0.2, -0.15) is 0 Å². The van der Waals surface area contributed by atoms with E-state index in [0.29, 0.717) is 25.7 Å². The maximum atomic E-state index is 8.77. The van der Waals surface area contributed by atoms with Gasteiger partial charge >= 0.3 is 0 Å². The second kappa shape index (κ2) is 18.1. The molecule has 8 nitrogen and oxygen atoms in total. The smallest absolute Gasteiger partial charge is 0.191 e. The monoisotopic (exact) mass is 510 g/mol. The van der Waals surface area contributed by atoms with Gasteiger partial charge in [0.25, 0.3) is 0 Å². The fraction of sp³-hybridized carbons (Fsp3) is 0.842. The number of aryl methyl sites for hydroxylation is 1. The summed E-state index contributed by atoms with van der Waals surface area (Å²) in [6.07, 6.45) is 7.50. The number of nitrogens with zero attached hydrogens (tertiary/aromatic N) is 4. The van der Waals surface area contributed by atoms with Crippen molar-refractivity contribution in [3.8, 4) is 0 Å². The summed E-state index contributed by atoms with van der Waals surface area (Å²) in [7, 11) is 0. The summed E-state index contributed by atoms with van der Waals surface area (Å²) in [5, 5.41) is 23.6. The van der Waals surface area contributed by atoms with Crippen LogP contribution >= 0.6 is 24.0 Å². The van der Waals surface area contributed by atoms with Crippen LogP contribution in [0.25, 0.3) is 0 Å². The van der Waals surface area contributed by atoms with Gasteiger partial charge < -0.3 is 25.0 Å². The van der Waals surface area contributed by atoms with Crippen LogP contribution in [0.5, 0.6) is 0 Å². The molecule has 0 aromatic carbocycles. The second-order valence-corrected chi connectivity index (χ2v) is 6.59. The number of aromatic nitrogens is 3. The SMILES string of the molecule is CCCCC(CC)CN=C(NCCOCCO)NCCn1cnnc1CC.I. The zero-order valence-corrected chi connectivity index (χ0v) is 20.0. The number of hydrogen-bond acceptors (Lipinski definition) is 5. The summed E-state index contributed by atoms with van der Waals surface area (Å²) in [5.74, 6) is 2.42. The molecule has 0 spiro atoms. The molecule has 1 aromatic heterocycles. The summed E-state index contributed by atoms with van der Waals surface area (Å²) in [6.45, 7) is 10.5. The van der Waals surface area contributed by atoms with Crippen molar-refractivity contribution in [3.05, 3.63) is 12.2 Å². The minimum Gasteiger partial charge on any atom is -0.394 e. The van der Waals surface area contributed by atoms with E-state index in [1.54, 1.807) is 6.33 Å². The average Bonchev–Trinajstić information content (AvgIpc) is 3.14. The van der Waals surface area contributed by atoms with Gasteiger partial charge in [-0.05, 0) is 12.3 Å². The van der Waals surface area contributed by atoms with Crippen LogP contribution < -0.4 is 10.6 Å². The molecule has 0 amide bonds. The van der Waals surface area contributed by atoms with Gasteiger partial charge in [-0.15, -0.1) is 34.2 Å². The molecule has 1 heterocycles. The zero-order chi connectivity index (χ0) is 19.7. The Balaban J connectivity index is 0.00000729. The summed E-state index contributed by atoms with van der Waals surface area (Å²) < 4.78 is 7.37. The van der Waals surface area contributed by atoms with E-state index in [-0.39, 0.29) is 30.6 Å². The molecule has 0 aliphatic rings. The van der Waals surface area contributed by atoms with Crippen LogP contribution in [0, 0.1) is 5.92 Å². The quantitative estimate of drug-likeness (QED) is 0.145. The molecule has 28 heavy (non-hydrogen) atoms. The first-order valence-corrected chi connectivity index (χ1v) is 10.3. The van der Waals surface area contributed by atoms with Gasteiger partial charge in [0.15, 0.2) is 5.96 Å². The predicted octanol–water partition coefficient (Wildman–Crippen LogP) is 2.22. The van der Waals surface area contributed by atoms with Crippen LogP contribution in [0.3, 0.4) is 0 Å². The van der Waals surface area contributed by atoms with Crippen molar-refractivity contribution in [2.45, 2.75) is 59.4 Å². The number of aliphatic hydroxyl groups excluding tert-OH is 1. The third-order valence-corrected chi connectivity index (χ3v) is 4.48. The number of aliphatic imine (C=N–C) groups is 1. The Morgan fingerprint density at radius 3 is 2.71 bits per heavy atom. The highest BCUT2D eigenvalue weighted by atomic mass is 127. The molecule has 0 aliphatic carbocycles. The largest absolute Gasteiger partial charge is 0.394 e. The fourth-order valence-corrected chi connectivity index (χ4v) is 2.75. The highest BCUT2D eigenvalue weighted by Gasteiger charge is 2.07. The molecule has 0 aliphatic heterocycles. The maximum Gasteiger partial charge on any atom is 0.191 e. The number of guanidine groups is 1. The molecule has 1 aromatic rings. The van der Waals surface area contributed by atoms with Gasteiger partial charge in [0, 0.05) is 32.6 Å². The van der Waals surface area contributed by atoms with Crippen LogP contribution in [0.4, 0.5) is 0 Å². The molecule has 0 radical (unpaired) electrons. The minimum atomic E-state index is 0. The van der Waals surface area contributed by atoms with Crippen molar-refractivity contribution >= 4 is 29.9 Å². The van der Waals surface area contributed by atoms with E-state index in [1.807, 2.05) is 0 Å². The highest BCUT2D eigenvalue weighted by molar-refractivity contribution is 14.0. The fourth-order valence-electron chi connectivity index (χ4n) is 2.75. The van der Waals surface area contributed by atoms with Crippen LogP contribution in [0.15, 0.2) is 11.3 Å². The van der Waals surface area contributed by atoms with E-state index in [0.717, 1.165) is 44.3 Å². The van der Waals surface area contributed by atoms with E-state index in [1.165, 1.54) is 19.3 Å². The molecular weight excluding hydrogens is 471 g/mol. The Labute approximate surface area is 187 Å². The van der Waals surface area contributed by atoms with E-state index < -0.39 is 0 Å². The first-order chi connectivity index (χ1) is 13.2. The highest BCUT2D eigenvalue weighted by Crippen LogP contribution is 2.12. The van der Waals surface area contributed by atoms with Crippen LogP contribution in [0.1, 0.15) is 52.3 Å². The van der Waals surface area contributed by atoms with Crippen molar-refractivity contribution in [1.82, 2.24) is 25.4 Å².